The fourth-order valence-corrected chi connectivity index (χ4v) is 4.44. The second-order valence-electron chi connectivity index (χ2n) is 8.85. The van der Waals surface area contributed by atoms with E-state index in [1.807, 2.05) is 30.3 Å². The molecule has 0 aliphatic carbocycles. The number of hydrogen-bond donors (Lipinski definition) is 1. The maximum atomic E-state index is 13.3. The van der Waals surface area contributed by atoms with Crippen molar-refractivity contribution in [3.63, 3.8) is 0 Å². The van der Waals surface area contributed by atoms with E-state index in [-0.39, 0.29) is 23.7 Å². The van der Waals surface area contributed by atoms with E-state index < -0.39 is 0 Å². The number of amides is 1. The molecule has 1 aliphatic heterocycles. The Bertz CT molecular complexity index is 1100. The molecule has 1 saturated heterocycles. The van der Waals surface area contributed by atoms with Crippen molar-refractivity contribution in [1.82, 2.24) is 15.2 Å². The molecular weight excluding hydrogens is 445 g/mol. The maximum Gasteiger partial charge on any atom is 0.223 e. The first-order valence-corrected chi connectivity index (χ1v) is 12.0. The third-order valence-electron chi connectivity index (χ3n) is 6.54. The summed E-state index contributed by atoms with van der Waals surface area (Å²) in [5, 5.41) is 3.29. The quantitative estimate of drug-likeness (QED) is 0.491. The third-order valence-corrected chi connectivity index (χ3v) is 6.54. The van der Waals surface area contributed by atoms with Crippen molar-refractivity contribution in [3.8, 4) is 11.6 Å². The molecule has 7 heteroatoms. The Morgan fingerprint density at radius 3 is 2.51 bits per heavy atom. The van der Waals surface area contributed by atoms with Gasteiger partial charge in [0.05, 0.1) is 13.2 Å². The second-order valence-corrected chi connectivity index (χ2v) is 8.85. The van der Waals surface area contributed by atoms with Crippen LogP contribution in [0, 0.1) is 18.7 Å². The van der Waals surface area contributed by atoms with Crippen LogP contribution in [-0.2, 0) is 4.79 Å². The number of nitrogens with zero attached hydrogens (tertiary/aromatic N) is 2. The van der Waals surface area contributed by atoms with Gasteiger partial charge in [-0.3, -0.25) is 9.69 Å². The molecule has 4 rings (SSSR count). The van der Waals surface area contributed by atoms with Crippen molar-refractivity contribution >= 4 is 5.91 Å². The molecule has 184 valence electrons. The number of nitrogens with one attached hydrogen (secondary N) is 1. The number of hydrogen-bond acceptors (Lipinski definition) is 5. The average molecular weight is 478 g/mol. The number of piperidine rings is 1. The van der Waals surface area contributed by atoms with Crippen molar-refractivity contribution in [2.45, 2.75) is 25.8 Å². The number of benzene rings is 2. The van der Waals surface area contributed by atoms with Crippen molar-refractivity contribution in [3.05, 3.63) is 89.4 Å². The molecule has 1 N–H and O–H groups in total. The van der Waals surface area contributed by atoms with E-state index in [1.165, 1.54) is 12.1 Å². The molecule has 0 spiro atoms. The Morgan fingerprint density at radius 1 is 1.11 bits per heavy atom. The molecule has 1 aliphatic rings. The van der Waals surface area contributed by atoms with Gasteiger partial charge in [-0.15, -0.1) is 0 Å². The van der Waals surface area contributed by atoms with E-state index in [0.29, 0.717) is 18.2 Å². The van der Waals surface area contributed by atoms with Crippen LogP contribution in [0.25, 0.3) is 0 Å². The lowest BCUT2D eigenvalue weighted by Gasteiger charge is -2.32. The number of rotatable bonds is 9. The van der Waals surface area contributed by atoms with Crippen LogP contribution >= 0.6 is 0 Å². The summed E-state index contributed by atoms with van der Waals surface area (Å²) in [6.07, 6.45) is 3.35. The smallest absolute Gasteiger partial charge is 0.223 e. The van der Waals surface area contributed by atoms with Gasteiger partial charge in [0.25, 0.3) is 0 Å². The van der Waals surface area contributed by atoms with E-state index in [1.54, 1.807) is 25.4 Å². The molecule has 1 aromatic heterocycles. The van der Waals surface area contributed by atoms with Crippen LogP contribution in [0.2, 0.25) is 0 Å². The molecule has 3 aromatic rings. The molecule has 2 heterocycles. The lowest BCUT2D eigenvalue weighted by molar-refractivity contribution is -0.127. The highest BCUT2D eigenvalue weighted by Gasteiger charge is 2.28. The summed E-state index contributed by atoms with van der Waals surface area (Å²) in [4.78, 5) is 19.9. The van der Waals surface area contributed by atoms with Gasteiger partial charge in [0.15, 0.2) is 0 Å². The van der Waals surface area contributed by atoms with Gasteiger partial charge < -0.3 is 14.8 Å². The van der Waals surface area contributed by atoms with E-state index in [9.17, 15) is 9.18 Å². The highest BCUT2D eigenvalue weighted by Crippen LogP contribution is 2.27. The normalized spacial score (nSPS) is 15.4. The fraction of sp³-hybridized carbons (Fsp3) is 0.357. The standard InChI is InChI=1S/C28H32FN3O3/c1-20-5-3-4-6-25(20)27(22-7-12-26(34-2)30-19-22)31-28(33)21-13-15-32(16-14-21)17-18-35-24-10-8-23(29)9-11-24/h3-12,19,21,27H,13-18H2,1-2H3,(H,31,33). The first-order chi connectivity index (χ1) is 17.0. The highest BCUT2D eigenvalue weighted by molar-refractivity contribution is 5.79. The van der Waals surface area contributed by atoms with Gasteiger partial charge in [-0.1, -0.05) is 24.3 Å². The molecule has 0 saturated carbocycles. The molecule has 1 unspecified atom stereocenters. The number of likely N-dealkylation sites (tertiary alicyclic amines) is 1. The molecule has 0 bridgehead atoms. The molecule has 1 fully saturated rings. The van der Waals surface area contributed by atoms with Crippen LogP contribution in [0.1, 0.15) is 35.6 Å². The Kier molecular flexibility index (Phi) is 8.32. The predicted octanol–water partition coefficient (Wildman–Crippen LogP) is 4.53. The van der Waals surface area contributed by atoms with Crippen molar-refractivity contribution in [2.75, 3.05) is 33.4 Å². The van der Waals surface area contributed by atoms with Gasteiger partial charge in [0.2, 0.25) is 11.8 Å². The minimum absolute atomic E-state index is 0.0398. The monoisotopic (exact) mass is 477 g/mol. The number of aromatic nitrogens is 1. The number of pyridine rings is 1. The largest absolute Gasteiger partial charge is 0.492 e. The third kappa shape index (κ3) is 6.57. The molecule has 1 atom stereocenters. The van der Waals surface area contributed by atoms with E-state index >= 15 is 0 Å². The van der Waals surface area contributed by atoms with Crippen LogP contribution in [0.5, 0.6) is 11.6 Å². The summed E-state index contributed by atoms with van der Waals surface area (Å²) in [5.41, 5.74) is 3.09. The van der Waals surface area contributed by atoms with Crippen LogP contribution in [0.3, 0.4) is 0 Å². The second kappa shape index (κ2) is 11.8. The van der Waals surface area contributed by atoms with Crippen LogP contribution in [0.4, 0.5) is 4.39 Å². The zero-order chi connectivity index (χ0) is 24.6. The SMILES string of the molecule is COc1ccc(C(NC(=O)C2CCN(CCOc3ccc(F)cc3)CC2)c2ccccc2C)cn1. The summed E-state index contributed by atoms with van der Waals surface area (Å²) in [6.45, 7) is 5.03. The number of carbonyl (C=O) groups excluding carboxylic acids is 1. The van der Waals surface area contributed by atoms with Crippen molar-refractivity contribution in [1.29, 1.82) is 0 Å². The molecule has 0 radical (unpaired) electrons. The number of methoxy groups -OCH3 is 1. The summed E-state index contributed by atoms with van der Waals surface area (Å²) >= 11 is 0. The summed E-state index contributed by atoms with van der Waals surface area (Å²) in [7, 11) is 1.59. The molecule has 6 nitrogen and oxygen atoms in total. The van der Waals surface area contributed by atoms with Gasteiger partial charge in [0, 0.05) is 24.7 Å². The van der Waals surface area contributed by atoms with E-state index in [0.717, 1.165) is 49.2 Å². The molecule has 1 amide bonds. The molecule has 2 aromatic carbocycles. The summed E-state index contributed by atoms with van der Waals surface area (Å²) in [5.74, 6) is 0.958. The topological polar surface area (TPSA) is 63.7 Å². The Morgan fingerprint density at radius 2 is 1.86 bits per heavy atom. The van der Waals surface area contributed by atoms with Crippen LogP contribution < -0.4 is 14.8 Å². The predicted molar refractivity (Wildman–Crippen MR) is 133 cm³/mol. The van der Waals surface area contributed by atoms with E-state index in [4.69, 9.17) is 9.47 Å². The van der Waals surface area contributed by atoms with E-state index in [2.05, 4.69) is 28.2 Å². The van der Waals surface area contributed by atoms with Gasteiger partial charge >= 0.3 is 0 Å². The summed E-state index contributed by atoms with van der Waals surface area (Å²) < 4.78 is 23.9. The fourth-order valence-electron chi connectivity index (χ4n) is 4.44. The maximum absolute atomic E-state index is 13.3. The lowest BCUT2D eigenvalue weighted by atomic mass is 9.92. The number of carbonyl (C=O) groups is 1. The Balaban J connectivity index is 1.33. The first-order valence-electron chi connectivity index (χ1n) is 12.0. The highest BCUT2D eigenvalue weighted by atomic mass is 19.1. The number of ether oxygens (including phenoxy) is 2. The molecular formula is C28H32FN3O3. The van der Waals surface area contributed by atoms with Gasteiger partial charge in [0.1, 0.15) is 18.2 Å². The van der Waals surface area contributed by atoms with Crippen molar-refractivity contribution < 1.29 is 18.7 Å². The van der Waals surface area contributed by atoms with Crippen LogP contribution in [-0.4, -0.2) is 49.1 Å². The number of halogens is 1. The Hall–Kier alpha value is -3.45. The summed E-state index contributed by atoms with van der Waals surface area (Å²) in [6, 6.07) is 17.6. The average Bonchev–Trinajstić information content (AvgIpc) is 2.89. The van der Waals surface area contributed by atoms with Crippen molar-refractivity contribution in [2.24, 2.45) is 5.92 Å². The minimum atomic E-state index is -0.274. The first kappa shape index (κ1) is 24.7. The molecule has 35 heavy (non-hydrogen) atoms. The lowest BCUT2D eigenvalue weighted by Crippen LogP contribution is -2.42. The number of aryl methyl sites for hydroxylation is 1. The van der Waals surface area contributed by atoms with Crippen LogP contribution in [0.15, 0.2) is 66.9 Å². The zero-order valence-corrected chi connectivity index (χ0v) is 20.2. The minimum Gasteiger partial charge on any atom is -0.492 e. The Labute approximate surface area is 206 Å². The van der Waals surface area contributed by atoms with Gasteiger partial charge in [-0.25, -0.2) is 9.37 Å². The van der Waals surface area contributed by atoms with Gasteiger partial charge in [-0.2, -0.15) is 0 Å². The zero-order valence-electron chi connectivity index (χ0n) is 20.2. The van der Waals surface area contributed by atoms with Gasteiger partial charge in [-0.05, 0) is 79.9 Å².